The monoisotopic (exact) mass is 277 g/mol. The van der Waals surface area contributed by atoms with Crippen LogP contribution in [0.4, 0.5) is 5.82 Å². The maximum Gasteiger partial charge on any atom is 0.127 e. The summed E-state index contributed by atoms with van der Waals surface area (Å²) in [5.74, 6) is 1.34. The number of hydrogen-bond donors (Lipinski definition) is 1. The SMILES string of the molecule is Nc1cc(C2CC2)nn1-c1cccc(Br)c1. The van der Waals surface area contributed by atoms with Gasteiger partial charge in [0.05, 0.1) is 11.4 Å². The van der Waals surface area contributed by atoms with Crippen LogP contribution in [0.3, 0.4) is 0 Å². The quantitative estimate of drug-likeness (QED) is 0.917. The maximum atomic E-state index is 5.97. The van der Waals surface area contributed by atoms with E-state index < -0.39 is 0 Å². The van der Waals surface area contributed by atoms with E-state index in [9.17, 15) is 0 Å². The number of nitrogens with two attached hydrogens (primary N) is 1. The Bertz CT molecular complexity index is 529. The van der Waals surface area contributed by atoms with Gasteiger partial charge in [0.2, 0.25) is 0 Å². The number of nitrogens with zero attached hydrogens (tertiary/aromatic N) is 2. The van der Waals surface area contributed by atoms with Gasteiger partial charge < -0.3 is 5.73 Å². The fraction of sp³-hybridized carbons (Fsp3) is 0.250. The zero-order chi connectivity index (χ0) is 11.1. The van der Waals surface area contributed by atoms with E-state index >= 15 is 0 Å². The molecular formula is C12H12BrN3. The van der Waals surface area contributed by atoms with E-state index in [2.05, 4.69) is 21.0 Å². The van der Waals surface area contributed by atoms with Gasteiger partial charge in [-0.2, -0.15) is 5.10 Å². The molecule has 0 radical (unpaired) electrons. The summed E-state index contributed by atoms with van der Waals surface area (Å²) in [5, 5.41) is 4.55. The minimum Gasteiger partial charge on any atom is -0.384 e. The minimum atomic E-state index is 0.635. The third-order valence-corrected chi connectivity index (χ3v) is 3.30. The fourth-order valence-electron chi connectivity index (χ4n) is 1.81. The molecule has 1 aliphatic rings. The van der Waals surface area contributed by atoms with Crippen molar-refractivity contribution in [2.24, 2.45) is 0 Å². The molecule has 0 bridgehead atoms. The van der Waals surface area contributed by atoms with Crippen molar-refractivity contribution < 1.29 is 0 Å². The van der Waals surface area contributed by atoms with E-state index in [1.165, 1.54) is 12.8 Å². The van der Waals surface area contributed by atoms with Crippen molar-refractivity contribution >= 4 is 21.7 Å². The first-order chi connectivity index (χ1) is 7.74. The molecule has 1 aliphatic carbocycles. The Kier molecular flexibility index (Phi) is 2.24. The first-order valence-corrected chi connectivity index (χ1v) is 6.15. The molecule has 3 nitrogen and oxygen atoms in total. The van der Waals surface area contributed by atoms with Crippen molar-refractivity contribution in [3.63, 3.8) is 0 Å². The first kappa shape index (κ1) is 9.90. The predicted octanol–water partition coefficient (Wildman–Crippen LogP) is 3.09. The second-order valence-electron chi connectivity index (χ2n) is 4.16. The smallest absolute Gasteiger partial charge is 0.127 e. The lowest BCUT2D eigenvalue weighted by Crippen LogP contribution is -2.01. The summed E-state index contributed by atoms with van der Waals surface area (Å²) in [6.45, 7) is 0. The molecule has 0 spiro atoms. The molecule has 16 heavy (non-hydrogen) atoms. The van der Waals surface area contributed by atoms with Gasteiger partial charge in [-0.05, 0) is 31.0 Å². The van der Waals surface area contributed by atoms with Crippen molar-refractivity contribution in [1.82, 2.24) is 9.78 Å². The molecule has 0 amide bonds. The normalized spacial score (nSPS) is 15.3. The average molecular weight is 278 g/mol. The summed E-state index contributed by atoms with van der Waals surface area (Å²) in [5.41, 5.74) is 8.10. The molecule has 3 rings (SSSR count). The molecule has 2 N–H and O–H groups in total. The molecule has 82 valence electrons. The van der Waals surface area contributed by atoms with Crippen LogP contribution >= 0.6 is 15.9 Å². The van der Waals surface area contributed by atoms with Crippen LogP contribution in [-0.4, -0.2) is 9.78 Å². The molecule has 0 atom stereocenters. The summed E-state index contributed by atoms with van der Waals surface area (Å²) in [6, 6.07) is 9.98. The number of hydrogen-bond acceptors (Lipinski definition) is 2. The highest BCUT2D eigenvalue weighted by Gasteiger charge is 2.27. The highest BCUT2D eigenvalue weighted by atomic mass is 79.9. The molecule has 4 heteroatoms. The van der Waals surface area contributed by atoms with Gasteiger partial charge >= 0.3 is 0 Å². The van der Waals surface area contributed by atoms with Gasteiger partial charge in [0.15, 0.2) is 0 Å². The van der Waals surface area contributed by atoms with Gasteiger partial charge in [0.25, 0.3) is 0 Å². The van der Waals surface area contributed by atoms with Crippen molar-refractivity contribution in [2.75, 3.05) is 5.73 Å². The van der Waals surface area contributed by atoms with Crippen LogP contribution < -0.4 is 5.73 Å². The number of benzene rings is 1. The Hall–Kier alpha value is -1.29. The second kappa shape index (κ2) is 3.63. The average Bonchev–Trinajstić information content (AvgIpc) is 3.02. The lowest BCUT2D eigenvalue weighted by Gasteiger charge is -2.03. The highest BCUT2D eigenvalue weighted by Crippen LogP contribution is 2.40. The van der Waals surface area contributed by atoms with Crippen LogP contribution in [0.15, 0.2) is 34.8 Å². The van der Waals surface area contributed by atoms with E-state index in [0.717, 1.165) is 15.9 Å². The third-order valence-electron chi connectivity index (χ3n) is 2.80. The lowest BCUT2D eigenvalue weighted by atomic mass is 10.3. The van der Waals surface area contributed by atoms with Gasteiger partial charge in [-0.15, -0.1) is 0 Å². The Morgan fingerprint density at radius 1 is 1.31 bits per heavy atom. The molecule has 0 aliphatic heterocycles. The first-order valence-electron chi connectivity index (χ1n) is 5.35. The molecule has 1 heterocycles. The second-order valence-corrected chi connectivity index (χ2v) is 5.08. The van der Waals surface area contributed by atoms with Crippen molar-refractivity contribution in [3.8, 4) is 5.69 Å². The molecule has 0 saturated heterocycles. The summed E-state index contributed by atoms with van der Waals surface area (Å²) in [7, 11) is 0. The Labute approximate surface area is 102 Å². The molecule has 1 saturated carbocycles. The van der Waals surface area contributed by atoms with Crippen molar-refractivity contribution in [3.05, 3.63) is 40.5 Å². The van der Waals surface area contributed by atoms with Crippen LogP contribution in [0.25, 0.3) is 5.69 Å². The molecule has 2 aromatic rings. The predicted molar refractivity (Wildman–Crippen MR) is 67.7 cm³/mol. The zero-order valence-corrected chi connectivity index (χ0v) is 10.3. The molecule has 0 unspecified atom stereocenters. The number of rotatable bonds is 2. The van der Waals surface area contributed by atoms with Gasteiger partial charge in [-0.1, -0.05) is 22.0 Å². The fourth-order valence-corrected chi connectivity index (χ4v) is 2.20. The summed E-state index contributed by atoms with van der Waals surface area (Å²) in [4.78, 5) is 0. The van der Waals surface area contributed by atoms with Crippen molar-refractivity contribution in [1.29, 1.82) is 0 Å². The third kappa shape index (κ3) is 1.73. The van der Waals surface area contributed by atoms with E-state index in [1.807, 2.05) is 30.3 Å². The lowest BCUT2D eigenvalue weighted by molar-refractivity contribution is 0.844. The largest absolute Gasteiger partial charge is 0.384 e. The van der Waals surface area contributed by atoms with Gasteiger partial charge in [0.1, 0.15) is 5.82 Å². The Morgan fingerprint density at radius 2 is 2.12 bits per heavy atom. The summed E-state index contributed by atoms with van der Waals surface area (Å²) >= 11 is 3.45. The van der Waals surface area contributed by atoms with Gasteiger partial charge in [-0.3, -0.25) is 0 Å². The topological polar surface area (TPSA) is 43.8 Å². The summed E-state index contributed by atoms with van der Waals surface area (Å²) in [6.07, 6.45) is 2.49. The van der Waals surface area contributed by atoms with Crippen LogP contribution in [0.1, 0.15) is 24.5 Å². The Balaban J connectivity index is 2.04. The standard InChI is InChI=1S/C12H12BrN3/c13-9-2-1-3-10(6-9)16-12(14)7-11(15-16)8-4-5-8/h1-3,6-8H,4-5,14H2. The Morgan fingerprint density at radius 3 is 2.81 bits per heavy atom. The van der Waals surface area contributed by atoms with E-state index in [1.54, 1.807) is 4.68 Å². The highest BCUT2D eigenvalue weighted by molar-refractivity contribution is 9.10. The molecule has 1 aromatic heterocycles. The molecule has 1 aromatic carbocycles. The number of nitrogen functional groups attached to an aromatic ring is 1. The van der Waals surface area contributed by atoms with Crippen LogP contribution in [0.2, 0.25) is 0 Å². The van der Waals surface area contributed by atoms with Crippen LogP contribution in [-0.2, 0) is 0 Å². The number of aromatic nitrogens is 2. The van der Waals surface area contributed by atoms with Gasteiger partial charge in [0, 0.05) is 16.5 Å². The van der Waals surface area contributed by atoms with E-state index in [-0.39, 0.29) is 0 Å². The zero-order valence-electron chi connectivity index (χ0n) is 8.73. The number of anilines is 1. The van der Waals surface area contributed by atoms with Crippen molar-refractivity contribution in [2.45, 2.75) is 18.8 Å². The summed E-state index contributed by atoms with van der Waals surface area (Å²) < 4.78 is 2.84. The maximum absolute atomic E-state index is 5.97. The van der Waals surface area contributed by atoms with E-state index in [0.29, 0.717) is 11.7 Å². The minimum absolute atomic E-state index is 0.635. The van der Waals surface area contributed by atoms with Crippen LogP contribution in [0.5, 0.6) is 0 Å². The molecular weight excluding hydrogens is 266 g/mol. The van der Waals surface area contributed by atoms with E-state index in [4.69, 9.17) is 5.73 Å². The van der Waals surface area contributed by atoms with Crippen LogP contribution in [0, 0.1) is 0 Å². The number of halogens is 1. The van der Waals surface area contributed by atoms with Gasteiger partial charge in [-0.25, -0.2) is 4.68 Å². The molecule has 1 fully saturated rings.